The summed E-state index contributed by atoms with van der Waals surface area (Å²) in [4.78, 5) is 0.257. The lowest BCUT2D eigenvalue weighted by atomic mass is 10.1. The molecule has 0 radical (unpaired) electrons. The van der Waals surface area contributed by atoms with Gasteiger partial charge in [-0.1, -0.05) is 22.9 Å². The minimum atomic E-state index is -3.59. The molecule has 1 atom stereocenters. The van der Waals surface area contributed by atoms with E-state index in [2.05, 4.69) is 20.7 Å². The first-order valence-electron chi connectivity index (χ1n) is 5.68. The topological polar surface area (TPSA) is 46.2 Å². The largest absolute Gasteiger partial charge is 0.241 e. The van der Waals surface area contributed by atoms with Crippen LogP contribution in [0.1, 0.15) is 24.5 Å². The van der Waals surface area contributed by atoms with Crippen molar-refractivity contribution >= 4 is 26.0 Å². The summed E-state index contributed by atoms with van der Waals surface area (Å²) in [6.07, 6.45) is 0.823. The number of hydrogen-bond acceptors (Lipinski definition) is 2. The number of rotatable bonds is 5. The highest BCUT2D eigenvalue weighted by Gasteiger charge is 2.20. The fraction of sp³-hybridized carbons (Fsp3) is 0.500. The summed E-state index contributed by atoms with van der Waals surface area (Å²) in [6, 6.07) is 2.46. The summed E-state index contributed by atoms with van der Waals surface area (Å²) in [5.74, 6) is -0.420. The number of halogens is 2. The van der Waals surface area contributed by atoms with Crippen LogP contribution in [0.3, 0.4) is 0 Å². The Morgan fingerprint density at radius 3 is 2.28 bits per heavy atom. The standard InChI is InChI=1S/C12H17BrFNO2S/c1-4-10(13)7-15-18(16,17)12-8(2)5-11(14)6-9(12)3/h5-6,10,15H,4,7H2,1-3H3. The van der Waals surface area contributed by atoms with E-state index in [0.29, 0.717) is 17.7 Å². The first-order valence-corrected chi connectivity index (χ1v) is 8.08. The molecule has 0 aromatic heterocycles. The maximum absolute atomic E-state index is 13.1. The second-order valence-electron chi connectivity index (χ2n) is 4.23. The Balaban J connectivity index is 3.06. The van der Waals surface area contributed by atoms with E-state index < -0.39 is 15.8 Å². The van der Waals surface area contributed by atoms with Gasteiger partial charge in [0.15, 0.2) is 0 Å². The van der Waals surface area contributed by atoms with Crippen molar-refractivity contribution in [3.63, 3.8) is 0 Å². The molecule has 1 aromatic carbocycles. The van der Waals surface area contributed by atoms with Crippen LogP contribution in [-0.4, -0.2) is 19.8 Å². The molecule has 1 aromatic rings. The molecule has 0 amide bonds. The average molecular weight is 338 g/mol. The van der Waals surface area contributed by atoms with E-state index >= 15 is 0 Å². The van der Waals surface area contributed by atoms with Crippen molar-refractivity contribution in [1.82, 2.24) is 4.72 Å². The van der Waals surface area contributed by atoms with E-state index in [1.165, 1.54) is 12.1 Å². The van der Waals surface area contributed by atoms with Gasteiger partial charge in [-0.05, 0) is 43.5 Å². The molecule has 0 spiro atoms. The number of hydrogen-bond donors (Lipinski definition) is 1. The van der Waals surface area contributed by atoms with Crippen molar-refractivity contribution in [2.75, 3.05) is 6.54 Å². The average Bonchev–Trinajstić information content (AvgIpc) is 2.24. The number of sulfonamides is 1. The third-order valence-corrected chi connectivity index (χ3v) is 5.33. The summed E-state index contributed by atoms with van der Waals surface area (Å²) in [6.45, 7) is 5.46. The maximum atomic E-state index is 13.1. The van der Waals surface area contributed by atoms with E-state index in [0.717, 1.165) is 6.42 Å². The molecular weight excluding hydrogens is 321 g/mol. The molecule has 0 bridgehead atoms. The molecule has 0 fully saturated rings. The summed E-state index contributed by atoms with van der Waals surface area (Å²) in [5, 5.41) is 0. The van der Waals surface area contributed by atoms with Gasteiger partial charge in [-0.3, -0.25) is 0 Å². The minimum absolute atomic E-state index is 0.0911. The Kier molecular flexibility index (Phi) is 5.31. The zero-order valence-electron chi connectivity index (χ0n) is 10.6. The predicted molar refractivity (Wildman–Crippen MR) is 74.1 cm³/mol. The van der Waals surface area contributed by atoms with Gasteiger partial charge in [0.05, 0.1) is 4.90 Å². The van der Waals surface area contributed by atoms with E-state index in [-0.39, 0.29) is 9.72 Å². The van der Waals surface area contributed by atoms with Crippen LogP contribution in [0.15, 0.2) is 17.0 Å². The van der Waals surface area contributed by atoms with E-state index in [9.17, 15) is 12.8 Å². The van der Waals surface area contributed by atoms with Gasteiger partial charge in [-0.25, -0.2) is 17.5 Å². The molecule has 0 aliphatic carbocycles. The quantitative estimate of drug-likeness (QED) is 0.839. The second kappa shape index (κ2) is 6.12. The van der Waals surface area contributed by atoms with Crippen LogP contribution in [-0.2, 0) is 10.0 Å². The van der Waals surface area contributed by atoms with Gasteiger partial charge >= 0.3 is 0 Å². The van der Waals surface area contributed by atoms with Crippen molar-refractivity contribution in [2.45, 2.75) is 36.9 Å². The third-order valence-electron chi connectivity index (χ3n) is 2.63. The lowest BCUT2D eigenvalue weighted by molar-refractivity contribution is 0.577. The molecule has 0 heterocycles. The minimum Gasteiger partial charge on any atom is -0.210 e. The lowest BCUT2D eigenvalue weighted by Gasteiger charge is -2.13. The Bertz CT molecular complexity index is 508. The number of nitrogens with one attached hydrogen (secondary N) is 1. The Hall–Kier alpha value is -0.460. The third kappa shape index (κ3) is 3.76. The molecule has 0 saturated heterocycles. The van der Waals surface area contributed by atoms with E-state index in [1.54, 1.807) is 13.8 Å². The monoisotopic (exact) mass is 337 g/mol. The fourth-order valence-corrected chi connectivity index (χ4v) is 3.64. The highest BCUT2D eigenvalue weighted by atomic mass is 79.9. The number of aryl methyl sites for hydroxylation is 2. The lowest BCUT2D eigenvalue weighted by Crippen LogP contribution is -2.30. The number of benzene rings is 1. The van der Waals surface area contributed by atoms with Crippen LogP contribution in [0.25, 0.3) is 0 Å². The van der Waals surface area contributed by atoms with Gasteiger partial charge in [0.2, 0.25) is 10.0 Å². The SMILES string of the molecule is CCC(Br)CNS(=O)(=O)c1c(C)cc(F)cc1C. The Morgan fingerprint density at radius 1 is 1.33 bits per heavy atom. The molecule has 1 N–H and O–H groups in total. The van der Waals surface area contributed by atoms with Crippen molar-refractivity contribution in [3.05, 3.63) is 29.1 Å². The zero-order valence-corrected chi connectivity index (χ0v) is 13.0. The molecule has 0 saturated carbocycles. The summed E-state index contributed by atoms with van der Waals surface area (Å²) in [7, 11) is -3.59. The second-order valence-corrected chi connectivity index (χ2v) is 7.22. The van der Waals surface area contributed by atoms with Gasteiger partial charge in [-0.15, -0.1) is 0 Å². The molecule has 0 aliphatic rings. The highest BCUT2D eigenvalue weighted by Crippen LogP contribution is 2.21. The number of alkyl halides is 1. The van der Waals surface area contributed by atoms with Crippen LogP contribution in [0.4, 0.5) is 4.39 Å². The maximum Gasteiger partial charge on any atom is 0.241 e. The van der Waals surface area contributed by atoms with Gasteiger partial charge in [0.25, 0.3) is 0 Å². The molecule has 0 aliphatic heterocycles. The molecule has 6 heteroatoms. The molecule has 18 heavy (non-hydrogen) atoms. The van der Waals surface area contributed by atoms with Crippen LogP contribution in [0.5, 0.6) is 0 Å². The normalized spacial score (nSPS) is 13.6. The van der Waals surface area contributed by atoms with E-state index in [1.807, 2.05) is 6.92 Å². The molecule has 1 rings (SSSR count). The first-order chi connectivity index (χ1) is 8.27. The van der Waals surface area contributed by atoms with Crippen molar-refractivity contribution in [2.24, 2.45) is 0 Å². The van der Waals surface area contributed by atoms with Gasteiger partial charge < -0.3 is 0 Å². The summed E-state index contributed by atoms with van der Waals surface area (Å²) < 4.78 is 40.0. The molecule has 1 unspecified atom stereocenters. The van der Waals surface area contributed by atoms with Crippen LogP contribution < -0.4 is 4.72 Å². The predicted octanol–water partition coefficient (Wildman–Crippen LogP) is 2.89. The van der Waals surface area contributed by atoms with Crippen LogP contribution in [0, 0.1) is 19.7 Å². The van der Waals surface area contributed by atoms with Gasteiger partial charge in [-0.2, -0.15) is 0 Å². The molecule has 102 valence electrons. The van der Waals surface area contributed by atoms with Gasteiger partial charge in [0, 0.05) is 11.4 Å². The molecule has 3 nitrogen and oxygen atoms in total. The Morgan fingerprint density at radius 2 is 1.83 bits per heavy atom. The summed E-state index contributed by atoms with van der Waals surface area (Å²) in [5.41, 5.74) is 0.838. The van der Waals surface area contributed by atoms with Crippen molar-refractivity contribution in [1.29, 1.82) is 0 Å². The summed E-state index contributed by atoms with van der Waals surface area (Å²) >= 11 is 3.36. The highest BCUT2D eigenvalue weighted by molar-refractivity contribution is 9.09. The van der Waals surface area contributed by atoms with Crippen molar-refractivity contribution < 1.29 is 12.8 Å². The van der Waals surface area contributed by atoms with Crippen molar-refractivity contribution in [3.8, 4) is 0 Å². The fourth-order valence-electron chi connectivity index (χ4n) is 1.74. The van der Waals surface area contributed by atoms with E-state index in [4.69, 9.17) is 0 Å². The van der Waals surface area contributed by atoms with Crippen LogP contribution in [0.2, 0.25) is 0 Å². The first kappa shape index (κ1) is 15.6. The van der Waals surface area contributed by atoms with Gasteiger partial charge in [0.1, 0.15) is 5.82 Å². The zero-order chi connectivity index (χ0) is 13.9. The Labute approximate surface area is 116 Å². The van der Waals surface area contributed by atoms with Crippen LogP contribution >= 0.6 is 15.9 Å². The smallest absolute Gasteiger partial charge is 0.210 e. The molecular formula is C12H17BrFNO2S.